The van der Waals surface area contributed by atoms with Gasteiger partial charge in [-0.25, -0.2) is 0 Å². The van der Waals surface area contributed by atoms with Crippen molar-refractivity contribution >= 4 is 0 Å². The normalized spacial score (nSPS) is 15.3. The maximum atomic E-state index is 8.86. The van der Waals surface area contributed by atoms with E-state index in [1.54, 1.807) is 6.20 Å². The molecule has 1 rings (SSSR count). The predicted molar refractivity (Wildman–Crippen MR) is 52.3 cm³/mol. The van der Waals surface area contributed by atoms with Crippen molar-refractivity contribution in [3.63, 3.8) is 0 Å². The number of aliphatic hydroxyl groups excluding tert-OH is 1. The molecule has 0 saturated carbocycles. The van der Waals surface area contributed by atoms with Gasteiger partial charge in [0.2, 0.25) is 0 Å². The van der Waals surface area contributed by atoms with Crippen LogP contribution in [0.15, 0.2) is 24.4 Å². The molecule has 1 aromatic heterocycles. The van der Waals surface area contributed by atoms with Gasteiger partial charge in [-0.1, -0.05) is 6.07 Å². The Hall–Kier alpha value is -0.930. The van der Waals surface area contributed by atoms with Gasteiger partial charge in [0.05, 0.1) is 0 Å². The first-order valence-corrected chi connectivity index (χ1v) is 4.53. The molecular formula is C10H16N2O. The Morgan fingerprint density at radius 2 is 2.31 bits per heavy atom. The smallest absolute Gasteiger partial charge is 0.0450 e. The van der Waals surface area contributed by atoms with E-state index in [1.165, 1.54) is 0 Å². The first kappa shape index (κ1) is 10.2. The predicted octanol–water partition coefficient (Wildman–Crippen LogP) is 0.895. The van der Waals surface area contributed by atoms with Crippen LogP contribution in [0, 0.1) is 0 Å². The van der Waals surface area contributed by atoms with Crippen LogP contribution in [-0.4, -0.2) is 22.7 Å². The Morgan fingerprint density at radius 1 is 1.54 bits per heavy atom. The van der Waals surface area contributed by atoms with E-state index in [-0.39, 0.29) is 18.6 Å². The van der Waals surface area contributed by atoms with E-state index in [0.717, 1.165) is 5.69 Å². The molecule has 3 nitrogen and oxygen atoms in total. The highest BCUT2D eigenvalue weighted by atomic mass is 16.3. The summed E-state index contributed by atoms with van der Waals surface area (Å²) in [5.41, 5.74) is 6.77. The van der Waals surface area contributed by atoms with Crippen molar-refractivity contribution in [2.24, 2.45) is 5.73 Å². The van der Waals surface area contributed by atoms with Crippen molar-refractivity contribution < 1.29 is 5.11 Å². The molecule has 0 aromatic carbocycles. The fourth-order valence-corrected chi connectivity index (χ4v) is 1.41. The van der Waals surface area contributed by atoms with Crippen LogP contribution >= 0.6 is 0 Å². The van der Waals surface area contributed by atoms with Gasteiger partial charge in [-0.15, -0.1) is 0 Å². The highest BCUT2D eigenvalue weighted by molar-refractivity contribution is 5.11. The van der Waals surface area contributed by atoms with E-state index in [1.807, 2.05) is 25.1 Å². The number of nitrogens with two attached hydrogens (primary N) is 1. The highest BCUT2D eigenvalue weighted by Gasteiger charge is 2.16. The SMILES string of the molecule is C[C@@H](N)C(CCO)c1ccccn1. The maximum absolute atomic E-state index is 8.86. The number of hydrogen-bond acceptors (Lipinski definition) is 3. The third-order valence-electron chi connectivity index (χ3n) is 2.14. The fourth-order valence-electron chi connectivity index (χ4n) is 1.41. The number of rotatable bonds is 4. The molecule has 1 unspecified atom stereocenters. The van der Waals surface area contributed by atoms with Crippen LogP contribution in [0.1, 0.15) is 25.0 Å². The molecule has 0 bridgehead atoms. The molecule has 0 fully saturated rings. The minimum absolute atomic E-state index is 0.0297. The molecule has 0 radical (unpaired) electrons. The Morgan fingerprint density at radius 3 is 2.77 bits per heavy atom. The molecule has 1 heterocycles. The lowest BCUT2D eigenvalue weighted by Crippen LogP contribution is -2.26. The van der Waals surface area contributed by atoms with Gasteiger partial charge in [0.15, 0.2) is 0 Å². The first-order chi connectivity index (χ1) is 6.25. The summed E-state index contributed by atoms with van der Waals surface area (Å²) in [5, 5.41) is 8.86. The molecule has 2 atom stereocenters. The van der Waals surface area contributed by atoms with Crippen molar-refractivity contribution in [2.75, 3.05) is 6.61 Å². The van der Waals surface area contributed by atoms with E-state index in [4.69, 9.17) is 10.8 Å². The lowest BCUT2D eigenvalue weighted by atomic mass is 9.94. The quantitative estimate of drug-likeness (QED) is 0.723. The number of hydrogen-bond donors (Lipinski definition) is 2. The van der Waals surface area contributed by atoms with E-state index < -0.39 is 0 Å². The number of nitrogens with zero attached hydrogens (tertiary/aromatic N) is 1. The molecule has 3 heteroatoms. The van der Waals surface area contributed by atoms with Gasteiger partial charge in [-0.2, -0.15) is 0 Å². The second-order valence-electron chi connectivity index (χ2n) is 3.23. The Labute approximate surface area is 78.6 Å². The molecule has 1 aromatic rings. The maximum Gasteiger partial charge on any atom is 0.0450 e. The lowest BCUT2D eigenvalue weighted by Gasteiger charge is -2.18. The zero-order chi connectivity index (χ0) is 9.68. The van der Waals surface area contributed by atoms with Crippen LogP contribution in [-0.2, 0) is 0 Å². The molecule has 3 N–H and O–H groups in total. The van der Waals surface area contributed by atoms with Crippen LogP contribution in [0.2, 0.25) is 0 Å². The van der Waals surface area contributed by atoms with Gasteiger partial charge >= 0.3 is 0 Å². The third-order valence-corrected chi connectivity index (χ3v) is 2.14. The Balaban J connectivity index is 2.76. The average molecular weight is 180 g/mol. The Kier molecular flexibility index (Phi) is 3.86. The highest BCUT2D eigenvalue weighted by Crippen LogP contribution is 2.19. The zero-order valence-corrected chi connectivity index (χ0v) is 7.85. The monoisotopic (exact) mass is 180 g/mol. The van der Waals surface area contributed by atoms with Crippen LogP contribution < -0.4 is 5.73 Å². The summed E-state index contributed by atoms with van der Waals surface area (Å²) in [5.74, 6) is 0.159. The lowest BCUT2D eigenvalue weighted by molar-refractivity contribution is 0.268. The number of aliphatic hydroxyl groups is 1. The van der Waals surface area contributed by atoms with Crippen LogP contribution in [0.4, 0.5) is 0 Å². The summed E-state index contributed by atoms with van der Waals surface area (Å²) < 4.78 is 0. The van der Waals surface area contributed by atoms with E-state index in [0.29, 0.717) is 6.42 Å². The summed E-state index contributed by atoms with van der Waals surface area (Å²) in [6.07, 6.45) is 2.43. The van der Waals surface area contributed by atoms with E-state index in [2.05, 4.69) is 4.98 Å². The standard InChI is InChI=1S/C10H16N2O/c1-8(11)9(5-7-13)10-4-2-3-6-12-10/h2-4,6,8-9,13H,5,7,11H2,1H3/t8-,9?/m1/s1. The van der Waals surface area contributed by atoms with Crippen molar-refractivity contribution in [1.82, 2.24) is 4.98 Å². The van der Waals surface area contributed by atoms with Gasteiger partial charge < -0.3 is 10.8 Å². The minimum Gasteiger partial charge on any atom is -0.396 e. The summed E-state index contributed by atoms with van der Waals surface area (Å²) in [4.78, 5) is 4.23. The summed E-state index contributed by atoms with van der Waals surface area (Å²) in [7, 11) is 0. The molecule has 0 spiro atoms. The topological polar surface area (TPSA) is 59.1 Å². The molecular weight excluding hydrogens is 164 g/mol. The van der Waals surface area contributed by atoms with Crippen molar-refractivity contribution in [1.29, 1.82) is 0 Å². The zero-order valence-electron chi connectivity index (χ0n) is 7.85. The molecule has 0 aliphatic rings. The van der Waals surface area contributed by atoms with E-state index in [9.17, 15) is 0 Å². The second-order valence-corrected chi connectivity index (χ2v) is 3.23. The molecule has 72 valence electrons. The molecule has 0 aliphatic heterocycles. The second kappa shape index (κ2) is 4.94. The summed E-state index contributed by atoms with van der Waals surface area (Å²) in [6, 6.07) is 5.79. The molecule has 0 aliphatic carbocycles. The summed E-state index contributed by atoms with van der Waals surface area (Å²) in [6.45, 7) is 2.10. The largest absolute Gasteiger partial charge is 0.396 e. The molecule has 0 amide bonds. The van der Waals surface area contributed by atoms with Crippen molar-refractivity contribution in [3.05, 3.63) is 30.1 Å². The molecule has 0 saturated heterocycles. The number of pyridine rings is 1. The van der Waals surface area contributed by atoms with Crippen molar-refractivity contribution in [2.45, 2.75) is 25.3 Å². The van der Waals surface area contributed by atoms with E-state index >= 15 is 0 Å². The van der Waals surface area contributed by atoms with Gasteiger partial charge in [-0.3, -0.25) is 4.98 Å². The van der Waals surface area contributed by atoms with Gasteiger partial charge in [0.25, 0.3) is 0 Å². The molecule has 13 heavy (non-hydrogen) atoms. The van der Waals surface area contributed by atoms with Crippen LogP contribution in [0.25, 0.3) is 0 Å². The van der Waals surface area contributed by atoms with Gasteiger partial charge in [-0.05, 0) is 25.5 Å². The summed E-state index contributed by atoms with van der Waals surface area (Å²) >= 11 is 0. The van der Waals surface area contributed by atoms with Gasteiger partial charge in [0.1, 0.15) is 0 Å². The van der Waals surface area contributed by atoms with Crippen molar-refractivity contribution in [3.8, 4) is 0 Å². The number of aromatic nitrogens is 1. The van der Waals surface area contributed by atoms with Crippen LogP contribution in [0.3, 0.4) is 0 Å². The fraction of sp³-hybridized carbons (Fsp3) is 0.500. The first-order valence-electron chi connectivity index (χ1n) is 4.53. The van der Waals surface area contributed by atoms with Gasteiger partial charge in [0, 0.05) is 30.5 Å². The minimum atomic E-state index is 0.0297. The Bertz CT molecular complexity index is 236. The third kappa shape index (κ3) is 2.79. The van der Waals surface area contributed by atoms with Crippen LogP contribution in [0.5, 0.6) is 0 Å². The average Bonchev–Trinajstić information content (AvgIpc) is 2.15.